The van der Waals surface area contributed by atoms with Crippen LogP contribution in [0.15, 0.2) is 53.1 Å². The maximum absolute atomic E-state index is 12.8. The third kappa shape index (κ3) is 5.23. The number of piperidine rings is 1. The Morgan fingerprint density at radius 3 is 2.74 bits per heavy atom. The first kappa shape index (κ1) is 21.3. The lowest BCUT2D eigenvalue weighted by atomic mass is 9.94. The summed E-state index contributed by atoms with van der Waals surface area (Å²) in [4.78, 5) is 12.3. The first-order valence-electron chi connectivity index (χ1n) is 10.3. The van der Waals surface area contributed by atoms with E-state index in [0.717, 1.165) is 16.8 Å². The van der Waals surface area contributed by atoms with Gasteiger partial charge in [-0.1, -0.05) is 29.8 Å². The molecule has 0 spiro atoms. The van der Waals surface area contributed by atoms with Crippen LogP contribution in [0.5, 0.6) is 0 Å². The lowest BCUT2D eigenvalue weighted by Gasteiger charge is -2.30. The minimum absolute atomic E-state index is 0.0173. The van der Waals surface area contributed by atoms with Crippen molar-refractivity contribution < 1.29 is 17.6 Å². The molecule has 1 amide bonds. The van der Waals surface area contributed by atoms with Gasteiger partial charge in [0.25, 0.3) is 5.91 Å². The van der Waals surface area contributed by atoms with Gasteiger partial charge in [-0.3, -0.25) is 9.89 Å². The fourth-order valence-corrected chi connectivity index (χ4v) is 5.43. The van der Waals surface area contributed by atoms with Crippen LogP contribution in [0.3, 0.4) is 0 Å². The minimum atomic E-state index is -3.36. The van der Waals surface area contributed by atoms with Crippen molar-refractivity contribution in [3.8, 4) is 0 Å². The number of H-pyrrole nitrogens is 1. The molecular weight excluding hydrogens is 416 g/mol. The molecule has 1 fully saturated rings. The van der Waals surface area contributed by atoms with Crippen molar-refractivity contribution in [1.29, 1.82) is 0 Å². The van der Waals surface area contributed by atoms with Crippen molar-refractivity contribution in [2.75, 3.05) is 13.1 Å². The number of nitrogens with one attached hydrogen (secondary N) is 2. The summed E-state index contributed by atoms with van der Waals surface area (Å²) in [5, 5.41) is 9.84. The lowest BCUT2D eigenvalue weighted by molar-refractivity contribution is 0.0943. The van der Waals surface area contributed by atoms with Crippen LogP contribution in [0.1, 0.15) is 51.8 Å². The molecule has 9 heteroatoms. The number of hydrogen-bond acceptors (Lipinski definition) is 5. The van der Waals surface area contributed by atoms with Crippen LogP contribution in [0, 0.1) is 6.92 Å². The summed E-state index contributed by atoms with van der Waals surface area (Å²) in [6.07, 6.45) is 2.92. The van der Waals surface area contributed by atoms with E-state index in [1.807, 2.05) is 31.2 Å². The molecule has 4 rings (SSSR count). The van der Waals surface area contributed by atoms with Crippen LogP contribution >= 0.6 is 0 Å². The van der Waals surface area contributed by atoms with Crippen LogP contribution < -0.4 is 5.32 Å². The zero-order valence-electron chi connectivity index (χ0n) is 17.4. The second kappa shape index (κ2) is 9.07. The van der Waals surface area contributed by atoms with E-state index < -0.39 is 10.0 Å². The van der Waals surface area contributed by atoms with Crippen LogP contribution in [-0.4, -0.2) is 41.9 Å². The van der Waals surface area contributed by atoms with Gasteiger partial charge in [0.1, 0.15) is 11.5 Å². The number of hydrogen-bond donors (Lipinski definition) is 2. The van der Waals surface area contributed by atoms with E-state index in [1.54, 1.807) is 28.8 Å². The molecule has 8 nitrogen and oxygen atoms in total. The number of rotatable bonds is 7. The highest BCUT2D eigenvalue weighted by molar-refractivity contribution is 7.88. The Balaban J connectivity index is 1.32. The highest BCUT2D eigenvalue weighted by Crippen LogP contribution is 2.29. The number of carbonyl (C=O) groups excluding carboxylic acids is 1. The fourth-order valence-electron chi connectivity index (χ4n) is 3.88. The number of sulfonamides is 1. The number of aromatic nitrogens is 2. The number of furan rings is 1. The van der Waals surface area contributed by atoms with Crippen LogP contribution in [0.2, 0.25) is 0 Å². The second-order valence-electron chi connectivity index (χ2n) is 7.89. The largest absolute Gasteiger partial charge is 0.467 e. The molecule has 0 bridgehead atoms. The number of aryl methyl sites for hydroxylation is 1. The first-order chi connectivity index (χ1) is 14.9. The summed E-state index contributed by atoms with van der Waals surface area (Å²) >= 11 is 0. The Morgan fingerprint density at radius 2 is 2.03 bits per heavy atom. The summed E-state index contributed by atoms with van der Waals surface area (Å²) in [5.74, 6) is 0.550. The number of aromatic amines is 1. The highest BCUT2D eigenvalue weighted by atomic mass is 32.2. The van der Waals surface area contributed by atoms with Crippen molar-refractivity contribution >= 4 is 15.9 Å². The summed E-state index contributed by atoms with van der Waals surface area (Å²) in [6.45, 7) is 3.17. The van der Waals surface area contributed by atoms with Crippen molar-refractivity contribution in [2.24, 2.45) is 0 Å². The molecule has 31 heavy (non-hydrogen) atoms. The zero-order chi connectivity index (χ0) is 21.8. The van der Waals surface area contributed by atoms with Crippen molar-refractivity contribution in [2.45, 2.75) is 38.0 Å². The second-order valence-corrected chi connectivity index (χ2v) is 9.86. The SMILES string of the molecule is Cc1cccc(CS(=O)(=O)N2CCC(c3cc(C(=O)NCc4ccco4)n[nH]3)CC2)c1. The third-order valence-corrected chi connectivity index (χ3v) is 7.40. The Hall–Kier alpha value is -2.91. The maximum Gasteiger partial charge on any atom is 0.272 e. The molecule has 2 N–H and O–H groups in total. The van der Waals surface area contributed by atoms with Gasteiger partial charge in [-0.15, -0.1) is 0 Å². The molecule has 0 unspecified atom stereocenters. The molecule has 1 aromatic carbocycles. The molecule has 1 saturated heterocycles. The average Bonchev–Trinajstić information content (AvgIpc) is 3.44. The topological polar surface area (TPSA) is 108 Å². The molecular formula is C22H26N4O4S. The van der Waals surface area contributed by atoms with E-state index in [-0.39, 0.29) is 17.6 Å². The summed E-state index contributed by atoms with van der Waals surface area (Å²) < 4.78 is 32.4. The first-order valence-corrected chi connectivity index (χ1v) is 11.9. The molecule has 1 aliphatic rings. The molecule has 3 aromatic rings. The molecule has 1 aliphatic heterocycles. The molecule has 0 atom stereocenters. The molecule has 0 saturated carbocycles. The van der Waals surface area contributed by atoms with Crippen molar-refractivity contribution in [3.63, 3.8) is 0 Å². The van der Waals surface area contributed by atoms with Crippen molar-refractivity contribution in [1.82, 2.24) is 19.8 Å². The molecule has 3 heterocycles. The van der Waals surface area contributed by atoms with Gasteiger partial charge >= 0.3 is 0 Å². The van der Waals surface area contributed by atoms with E-state index in [0.29, 0.717) is 43.9 Å². The predicted octanol–water partition coefficient (Wildman–Crippen LogP) is 2.95. The summed E-state index contributed by atoms with van der Waals surface area (Å²) in [6, 6.07) is 12.9. The average molecular weight is 443 g/mol. The van der Waals surface area contributed by atoms with Crippen LogP contribution in [0.25, 0.3) is 0 Å². The van der Waals surface area contributed by atoms with E-state index in [1.165, 1.54) is 0 Å². The Bertz CT molecular complexity index is 1130. The predicted molar refractivity (Wildman–Crippen MR) is 116 cm³/mol. The molecule has 0 radical (unpaired) electrons. The third-order valence-electron chi connectivity index (χ3n) is 5.55. The highest BCUT2D eigenvalue weighted by Gasteiger charge is 2.30. The van der Waals surface area contributed by atoms with Gasteiger partial charge in [0.05, 0.1) is 18.6 Å². The number of nitrogens with zero attached hydrogens (tertiary/aromatic N) is 2. The standard InChI is InChI=1S/C22H26N4O4S/c1-16-4-2-5-17(12-16)15-31(28,29)26-9-7-18(8-10-26)20-13-21(25-24-20)22(27)23-14-19-6-3-11-30-19/h2-6,11-13,18H,7-10,14-15H2,1H3,(H,23,27)(H,24,25). The van der Waals surface area contributed by atoms with Gasteiger partial charge in [-0.25, -0.2) is 12.7 Å². The monoisotopic (exact) mass is 442 g/mol. The summed E-state index contributed by atoms with van der Waals surface area (Å²) in [7, 11) is -3.36. The van der Waals surface area contributed by atoms with Gasteiger partial charge in [0.15, 0.2) is 0 Å². The Kier molecular flexibility index (Phi) is 6.24. The number of amides is 1. The Morgan fingerprint density at radius 1 is 1.23 bits per heavy atom. The minimum Gasteiger partial charge on any atom is -0.467 e. The van der Waals surface area contributed by atoms with E-state index in [2.05, 4.69) is 15.5 Å². The fraction of sp³-hybridized carbons (Fsp3) is 0.364. The smallest absolute Gasteiger partial charge is 0.272 e. The van der Waals surface area contributed by atoms with Crippen LogP contribution in [-0.2, 0) is 22.3 Å². The van der Waals surface area contributed by atoms with Gasteiger partial charge in [0.2, 0.25) is 10.0 Å². The lowest BCUT2D eigenvalue weighted by Crippen LogP contribution is -2.38. The molecule has 164 valence electrons. The van der Waals surface area contributed by atoms with Crippen molar-refractivity contribution in [3.05, 3.63) is 77.0 Å². The van der Waals surface area contributed by atoms with Gasteiger partial charge in [0, 0.05) is 24.7 Å². The summed E-state index contributed by atoms with van der Waals surface area (Å²) in [5.41, 5.74) is 3.03. The molecule has 0 aliphatic carbocycles. The number of benzene rings is 1. The van der Waals surface area contributed by atoms with Gasteiger partial charge < -0.3 is 9.73 Å². The van der Waals surface area contributed by atoms with Crippen LogP contribution in [0.4, 0.5) is 0 Å². The van der Waals surface area contributed by atoms with E-state index in [9.17, 15) is 13.2 Å². The zero-order valence-corrected chi connectivity index (χ0v) is 18.2. The van der Waals surface area contributed by atoms with Gasteiger partial charge in [-0.2, -0.15) is 5.10 Å². The van der Waals surface area contributed by atoms with Gasteiger partial charge in [-0.05, 0) is 43.5 Å². The Labute approximate surface area is 181 Å². The quantitative estimate of drug-likeness (QED) is 0.585. The number of carbonyl (C=O) groups is 1. The van der Waals surface area contributed by atoms with E-state index in [4.69, 9.17) is 4.42 Å². The molecule has 2 aromatic heterocycles. The maximum atomic E-state index is 12.8. The van der Waals surface area contributed by atoms with E-state index >= 15 is 0 Å². The normalized spacial score (nSPS) is 15.8.